The summed E-state index contributed by atoms with van der Waals surface area (Å²) in [6.07, 6.45) is 1.58. The summed E-state index contributed by atoms with van der Waals surface area (Å²) < 4.78 is 0.607. The number of pyridine rings is 1. The van der Waals surface area contributed by atoms with Gasteiger partial charge in [-0.05, 0) is 34.3 Å². The lowest BCUT2D eigenvalue weighted by Crippen LogP contribution is -2.23. The van der Waals surface area contributed by atoms with Gasteiger partial charge in [-0.3, -0.25) is 10.1 Å². The summed E-state index contributed by atoms with van der Waals surface area (Å²) in [4.78, 5) is 18.0. The minimum Gasteiger partial charge on any atom is -0.346 e. The number of halogens is 1. The fourth-order valence-corrected chi connectivity index (χ4v) is 2.77. The molecule has 0 radical (unpaired) electrons. The molecule has 0 aliphatic rings. The molecule has 19 heavy (non-hydrogen) atoms. The van der Waals surface area contributed by atoms with Gasteiger partial charge >= 0.3 is 5.69 Å². The number of nitro groups is 1. The van der Waals surface area contributed by atoms with Gasteiger partial charge in [0.2, 0.25) is 5.82 Å². The fourth-order valence-electron chi connectivity index (χ4n) is 1.73. The highest BCUT2D eigenvalue weighted by atomic mass is 79.9. The van der Waals surface area contributed by atoms with Gasteiger partial charge in [-0.2, -0.15) is 0 Å². The highest BCUT2D eigenvalue weighted by molar-refractivity contribution is 9.10. The van der Waals surface area contributed by atoms with Crippen LogP contribution < -0.4 is 4.90 Å². The van der Waals surface area contributed by atoms with E-state index in [0.717, 1.165) is 4.88 Å². The lowest BCUT2D eigenvalue weighted by Gasteiger charge is -2.20. The van der Waals surface area contributed by atoms with Crippen molar-refractivity contribution in [1.29, 1.82) is 0 Å². The van der Waals surface area contributed by atoms with E-state index < -0.39 is 4.92 Å². The van der Waals surface area contributed by atoms with Crippen molar-refractivity contribution < 1.29 is 4.92 Å². The zero-order valence-electron chi connectivity index (χ0n) is 10.2. The van der Waals surface area contributed by atoms with E-state index in [-0.39, 0.29) is 5.69 Å². The second-order valence-corrected chi connectivity index (χ2v) is 5.79. The van der Waals surface area contributed by atoms with Crippen molar-refractivity contribution in [3.8, 4) is 0 Å². The molecule has 0 aliphatic heterocycles. The Morgan fingerprint density at radius 2 is 2.37 bits per heavy atom. The Balaban J connectivity index is 2.35. The van der Waals surface area contributed by atoms with Crippen LogP contribution in [0.5, 0.6) is 0 Å². The summed E-state index contributed by atoms with van der Waals surface area (Å²) in [5.74, 6) is 0.407. The quantitative estimate of drug-likeness (QED) is 0.612. The molecule has 0 fully saturated rings. The lowest BCUT2D eigenvalue weighted by molar-refractivity contribution is -0.384. The summed E-state index contributed by atoms with van der Waals surface area (Å²) in [6, 6.07) is 5.47. The van der Waals surface area contributed by atoms with E-state index >= 15 is 0 Å². The lowest BCUT2D eigenvalue weighted by atomic mass is 10.3. The minimum atomic E-state index is -0.399. The maximum atomic E-state index is 11.1. The topological polar surface area (TPSA) is 59.3 Å². The molecule has 2 aromatic heterocycles. The standard InChI is InChI=1S/C12H12BrN3O2S/c1-2-15(8-10-4-3-5-19-10)12-11(16(17)18)6-9(13)7-14-12/h3-7H,2,8H2,1H3. The number of hydrogen-bond donors (Lipinski definition) is 0. The van der Waals surface area contributed by atoms with Gasteiger partial charge in [0.05, 0.1) is 11.5 Å². The highest BCUT2D eigenvalue weighted by Gasteiger charge is 2.21. The number of aromatic nitrogens is 1. The van der Waals surface area contributed by atoms with Crippen LogP contribution in [0.4, 0.5) is 11.5 Å². The van der Waals surface area contributed by atoms with Crippen LogP contribution >= 0.6 is 27.3 Å². The van der Waals surface area contributed by atoms with Crippen LogP contribution in [0.2, 0.25) is 0 Å². The molecule has 0 amide bonds. The van der Waals surface area contributed by atoms with E-state index in [1.807, 2.05) is 29.3 Å². The Morgan fingerprint density at radius 3 is 2.95 bits per heavy atom. The molecule has 2 heterocycles. The monoisotopic (exact) mass is 341 g/mol. The summed E-state index contributed by atoms with van der Waals surface area (Å²) in [7, 11) is 0. The van der Waals surface area contributed by atoms with Crippen LogP contribution in [0.3, 0.4) is 0 Å². The Hall–Kier alpha value is -1.47. The first-order chi connectivity index (χ1) is 9.11. The minimum absolute atomic E-state index is 0.0211. The van der Waals surface area contributed by atoms with Crippen LogP contribution in [-0.2, 0) is 6.54 Å². The molecule has 100 valence electrons. The summed E-state index contributed by atoms with van der Waals surface area (Å²) >= 11 is 4.84. The zero-order chi connectivity index (χ0) is 13.8. The molecule has 0 unspecified atom stereocenters. The van der Waals surface area contributed by atoms with Crippen LogP contribution in [-0.4, -0.2) is 16.5 Å². The Bertz CT molecular complexity index is 574. The first-order valence-corrected chi connectivity index (χ1v) is 7.36. The number of anilines is 1. The van der Waals surface area contributed by atoms with E-state index in [1.165, 1.54) is 6.07 Å². The van der Waals surface area contributed by atoms with E-state index in [2.05, 4.69) is 20.9 Å². The molecule has 0 saturated heterocycles. The predicted octanol–water partition coefficient (Wildman–Crippen LogP) is 3.84. The smallest absolute Gasteiger partial charge is 0.312 e. The average molecular weight is 342 g/mol. The molecule has 2 aromatic rings. The molecule has 0 atom stereocenters. The van der Waals surface area contributed by atoms with Crippen molar-refractivity contribution in [2.45, 2.75) is 13.5 Å². The summed E-state index contributed by atoms with van der Waals surface area (Å²) in [5, 5.41) is 13.1. The number of nitrogens with zero attached hydrogens (tertiary/aromatic N) is 3. The van der Waals surface area contributed by atoms with Gasteiger partial charge in [0.25, 0.3) is 0 Å². The molecular weight excluding hydrogens is 330 g/mol. The van der Waals surface area contributed by atoms with Crippen molar-refractivity contribution in [1.82, 2.24) is 4.98 Å². The molecule has 0 aromatic carbocycles. The van der Waals surface area contributed by atoms with Crippen molar-refractivity contribution in [3.63, 3.8) is 0 Å². The molecule has 2 rings (SSSR count). The third-order valence-electron chi connectivity index (χ3n) is 2.62. The Labute approximate surface area is 123 Å². The predicted molar refractivity (Wildman–Crippen MR) is 79.6 cm³/mol. The first-order valence-electron chi connectivity index (χ1n) is 5.69. The van der Waals surface area contributed by atoms with Gasteiger partial charge in [0.15, 0.2) is 0 Å². The maximum Gasteiger partial charge on any atom is 0.312 e. The van der Waals surface area contributed by atoms with Gasteiger partial charge < -0.3 is 4.90 Å². The van der Waals surface area contributed by atoms with E-state index in [9.17, 15) is 10.1 Å². The van der Waals surface area contributed by atoms with Crippen molar-refractivity contribution in [3.05, 3.63) is 49.2 Å². The Morgan fingerprint density at radius 1 is 1.58 bits per heavy atom. The molecule has 0 bridgehead atoms. The third-order valence-corrected chi connectivity index (χ3v) is 3.91. The van der Waals surface area contributed by atoms with Gasteiger partial charge in [0.1, 0.15) is 0 Å². The normalized spacial score (nSPS) is 10.4. The van der Waals surface area contributed by atoms with Gasteiger partial charge in [-0.25, -0.2) is 4.98 Å². The van der Waals surface area contributed by atoms with E-state index in [0.29, 0.717) is 23.4 Å². The Kier molecular flexibility index (Phi) is 4.49. The molecule has 7 heteroatoms. The zero-order valence-corrected chi connectivity index (χ0v) is 12.6. The van der Waals surface area contributed by atoms with E-state index in [1.54, 1.807) is 17.5 Å². The third kappa shape index (κ3) is 3.30. The summed E-state index contributed by atoms with van der Waals surface area (Å²) in [6.45, 7) is 3.25. The molecule has 0 aliphatic carbocycles. The van der Waals surface area contributed by atoms with Crippen molar-refractivity contribution in [2.24, 2.45) is 0 Å². The number of thiophene rings is 1. The van der Waals surface area contributed by atoms with Crippen LogP contribution in [0.1, 0.15) is 11.8 Å². The number of hydrogen-bond acceptors (Lipinski definition) is 5. The highest BCUT2D eigenvalue weighted by Crippen LogP contribution is 2.29. The largest absolute Gasteiger partial charge is 0.346 e. The van der Waals surface area contributed by atoms with Gasteiger partial charge in [0, 0.05) is 28.2 Å². The second-order valence-electron chi connectivity index (χ2n) is 3.85. The molecule has 0 saturated carbocycles. The molecule has 0 spiro atoms. The SMILES string of the molecule is CCN(Cc1cccs1)c1ncc(Br)cc1[N+](=O)[O-]. The molecular formula is C12H12BrN3O2S. The van der Waals surface area contributed by atoms with Crippen LogP contribution in [0, 0.1) is 10.1 Å². The molecule has 0 N–H and O–H groups in total. The van der Waals surface area contributed by atoms with Gasteiger partial charge in [-0.15, -0.1) is 11.3 Å². The second kappa shape index (κ2) is 6.12. The van der Waals surface area contributed by atoms with Crippen molar-refractivity contribution in [2.75, 3.05) is 11.4 Å². The maximum absolute atomic E-state index is 11.1. The van der Waals surface area contributed by atoms with Crippen LogP contribution in [0.15, 0.2) is 34.2 Å². The average Bonchev–Trinajstić information content (AvgIpc) is 2.89. The fraction of sp³-hybridized carbons (Fsp3) is 0.250. The first kappa shape index (κ1) is 14.0. The van der Waals surface area contributed by atoms with Gasteiger partial charge in [-0.1, -0.05) is 6.07 Å². The van der Waals surface area contributed by atoms with Crippen molar-refractivity contribution >= 4 is 38.8 Å². The number of rotatable bonds is 5. The van der Waals surface area contributed by atoms with Crippen LogP contribution in [0.25, 0.3) is 0 Å². The molecule has 5 nitrogen and oxygen atoms in total. The summed E-state index contributed by atoms with van der Waals surface area (Å²) in [5.41, 5.74) is 0.0211. The van der Waals surface area contributed by atoms with E-state index in [4.69, 9.17) is 0 Å².